The number of hydrogen-bond donors (Lipinski definition) is 2. The largest absolute Gasteiger partial charge is 0.423 e. The zero-order valence-corrected chi connectivity index (χ0v) is 12.3. The molecule has 0 bridgehead atoms. The van der Waals surface area contributed by atoms with E-state index >= 15 is 0 Å². The van der Waals surface area contributed by atoms with Crippen LogP contribution in [-0.4, -0.2) is 9.97 Å². The lowest BCUT2D eigenvalue weighted by Crippen LogP contribution is -1.89. The minimum Gasteiger partial charge on any atom is -0.423 e. The SMILES string of the molecule is Clc1ccc(-c2cnc(Nc3ccc4cc[nH]c4c3)o2)cc1. The molecule has 0 saturated heterocycles. The van der Waals surface area contributed by atoms with Gasteiger partial charge in [-0.15, -0.1) is 0 Å². The van der Waals surface area contributed by atoms with Crippen LogP contribution >= 0.6 is 11.6 Å². The van der Waals surface area contributed by atoms with Gasteiger partial charge in [-0.3, -0.25) is 0 Å². The fourth-order valence-electron chi connectivity index (χ4n) is 2.33. The zero-order valence-electron chi connectivity index (χ0n) is 11.5. The monoisotopic (exact) mass is 309 g/mol. The van der Waals surface area contributed by atoms with Crippen molar-refractivity contribution in [2.75, 3.05) is 5.32 Å². The normalized spacial score (nSPS) is 11.0. The number of nitrogens with one attached hydrogen (secondary N) is 2. The number of aromatic amines is 1. The maximum absolute atomic E-state index is 5.89. The first-order chi connectivity index (χ1) is 10.8. The van der Waals surface area contributed by atoms with E-state index in [2.05, 4.69) is 15.3 Å². The highest BCUT2D eigenvalue weighted by Crippen LogP contribution is 2.26. The average molecular weight is 310 g/mol. The number of H-pyrrole nitrogens is 1. The molecular formula is C17H12ClN3O. The number of hydrogen-bond acceptors (Lipinski definition) is 3. The maximum atomic E-state index is 5.89. The summed E-state index contributed by atoms with van der Waals surface area (Å²) >= 11 is 5.89. The molecule has 2 aromatic carbocycles. The van der Waals surface area contributed by atoms with Crippen LogP contribution in [0.4, 0.5) is 11.7 Å². The van der Waals surface area contributed by atoms with Crippen molar-refractivity contribution < 1.29 is 4.42 Å². The summed E-state index contributed by atoms with van der Waals surface area (Å²) in [6.07, 6.45) is 3.61. The Morgan fingerprint density at radius 1 is 1.05 bits per heavy atom. The van der Waals surface area contributed by atoms with Gasteiger partial charge in [0.25, 0.3) is 6.01 Å². The van der Waals surface area contributed by atoms with Crippen molar-refractivity contribution in [3.63, 3.8) is 0 Å². The van der Waals surface area contributed by atoms with Crippen LogP contribution in [0.2, 0.25) is 5.02 Å². The molecule has 2 aromatic heterocycles. The van der Waals surface area contributed by atoms with E-state index in [4.69, 9.17) is 16.0 Å². The van der Waals surface area contributed by atoms with E-state index in [1.54, 1.807) is 6.20 Å². The van der Waals surface area contributed by atoms with Crippen molar-refractivity contribution >= 4 is 34.2 Å². The lowest BCUT2D eigenvalue weighted by molar-refractivity contribution is 0.592. The molecular weight excluding hydrogens is 298 g/mol. The van der Waals surface area contributed by atoms with Crippen molar-refractivity contribution in [3.8, 4) is 11.3 Å². The molecule has 0 aliphatic rings. The second kappa shape index (κ2) is 5.24. The first kappa shape index (κ1) is 13.0. The molecule has 108 valence electrons. The molecule has 5 heteroatoms. The number of oxazole rings is 1. The van der Waals surface area contributed by atoms with Crippen molar-refractivity contribution in [1.82, 2.24) is 9.97 Å². The first-order valence-electron chi connectivity index (χ1n) is 6.84. The maximum Gasteiger partial charge on any atom is 0.299 e. The number of fused-ring (bicyclic) bond motifs is 1. The lowest BCUT2D eigenvalue weighted by atomic mass is 10.2. The predicted octanol–water partition coefficient (Wildman–Crippen LogP) is 5.22. The van der Waals surface area contributed by atoms with E-state index in [-0.39, 0.29) is 0 Å². The van der Waals surface area contributed by atoms with Gasteiger partial charge in [-0.05, 0) is 47.9 Å². The zero-order chi connectivity index (χ0) is 14.9. The van der Waals surface area contributed by atoms with Crippen LogP contribution in [0.1, 0.15) is 0 Å². The van der Waals surface area contributed by atoms with Crippen molar-refractivity contribution in [2.45, 2.75) is 0 Å². The van der Waals surface area contributed by atoms with Gasteiger partial charge in [0, 0.05) is 28.0 Å². The summed E-state index contributed by atoms with van der Waals surface area (Å²) in [5, 5.41) is 5.03. The molecule has 2 N–H and O–H groups in total. The highest BCUT2D eigenvalue weighted by molar-refractivity contribution is 6.30. The molecule has 0 saturated carbocycles. The highest BCUT2D eigenvalue weighted by atomic mass is 35.5. The van der Waals surface area contributed by atoms with Crippen LogP contribution in [0.15, 0.2) is 65.3 Å². The average Bonchev–Trinajstić information content (AvgIpc) is 3.17. The Hall–Kier alpha value is -2.72. The third-order valence-corrected chi connectivity index (χ3v) is 3.69. The Kier molecular flexibility index (Phi) is 3.09. The topological polar surface area (TPSA) is 53.9 Å². The van der Waals surface area contributed by atoms with Crippen LogP contribution < -0.4 is 5.32 Å². The van der Waals surface area contributed by atoms with E-state index in [9.17, 15) is 0 Å². The standard InChI is InChI=1S/C17H12ClN3O/c18-13-4-1-12(2-5-13)16-10-20-17(22-16)21-14-6-3-11-7-8-19-15(11)9-14/h1-10,19H,(H,20,21). The van der Waals surface area contributed by atoms with Crippen LogP contribution in [0.5, 0.6) is 0 Å². The number of benzene rings is 2. The van der Waals surface area contributed by atoms with E-state index in [1.165, 1.54) is 5.39 Å². The van der Waals surface area contributed by atoms with E-state index in [1.807, 2.05) is 54.7 Å². The molecule has 0 aliphatic carbocycles. The molecule has 0 spiro atoms. The second-order valence-corrected chi connectivity index (χ2v) is 5.38. The van der Waals surface area contributed by atoms with Gasteiger partial charge >= 0.3 is 0 Å². The van der Waals surface area contributed by atoms with E-state index < -0.39 is 0 Å². The molecule has 0 fully saturated rings. The molecule has 0 unspecified atom stereocenters. The van der Waals surface area contributed by atoms with Crippen LogP contribution in [0, 0.1) is 0 Å². The summed E-state index contributed by atoms with van der Waals surface area (Å²) in [5.41, 5.74) is 2.92. The molecule has 4 rings (SSSR count). The van der Waals surface area contributed by atoms with Gasteiger partial charge in [0.1, 0.15) is 0 Å². The summed E-state index contributed by atoms with van der Waals surface area (Å²) < 4.78 is 5.73. The van der Waals surface area contributed by atoms with Gasteiger partial charge in [-0.25, -0.2) is 4.98 Å². The van der Waals surface area contributed by atoms with Gasteiger partial charge < -0.3 is 14.7 Å². The van der Waals surface area contributed by atoms with Gasteiger partial charge in [-0.1, -0.05) is 17.7 Å². The second-order valence-electron chi connectivity index (χ2n) is 4.94. The lowest BCUT2D eigenvalue weighted by Gasteiger charge is -2.02. The molecule has 0 amide bonds. The van der Waals surface area contributed by atoms with Gasteiger partial charge in [0.2, 0.25) is 0 Å². The quantitative estimate of drug-likeness (QED) is 0.545. The number of nitrogens with zero attached hydrogens (tertiary/aromatic N) is 1. The number of anilines is 2. The molecule has 4 nitrogen and oxygen atoms in total. The molecule has 2 heterocycles. The molecule has 4 aromatic rings. The molecule has 0 atom stereocenters. The summed E-state index contributed by atoms with van der Waals surface area (Å²) in [6, 6.07) is 16.0. The van der Waals surface area contributed by atoms with Gasteiger partial charge in [-0.2, -0.15) is 0 Å². The Balaban J connectivity index is 1.59. The third kappa shape index (κ3) is 2.44. The summed E-state index contributed by atoms with van der Waals surface area (Å²) in [7, 11) is 0. The number of rotatable bonds is 3. The van der Waals surface area contributed by atoms with Crippen LogP contribution in [0.3, 0.4) is 0 Å². The predicted molar refractivity (Wildman–Crippen MR) is 88.5 cm³/mol. The Morgan fingerprint density at radius 2 is 1.91 bits per heavy atom. The molecule has 22 heavy (non-hydrogen) atoms. The Morgan fingerprint density at radius 3 is 2.77 bits per heavy atom. The highest BCUT2D eigenvalue weighted by Gasteiger charge is 2.07. The third-order valence-electron chi connectivity index (χ3n) is 3.44. The fraction of sp³-hybridized carbons (Fsp3) is 0. The van der Waals surface area contributed by atoms with Crippen molar-refractivity contribution in [1.29, 1.82) is 0 Å². The minimum absolute atomic E-state index is 0.454. The summed E-state index contributed by atoms with van der Waals surface area (Å²) in [5.74, 6) is 0.695. The fourth-order valence-corrected chi connectivity index (χ4v) is 2.45. The van der Waals surface area contributed by atoms with Crippen molar-refractivity contribution in [3.05, 3.63) is 65.9 Å². The summed E-state index contributed by atoms with van der Waals surface area (Å²) in [4.78, 5) is 7.44. The van der Waals surface area contributed by atoms with Crippen LogP contribution in [-0.2, 0) is 0 Å². The van der Waals surface area contributed by atoms with Crippen molar-refractivity contribution in [2.24, 2.45) is 0 Å². The van der Waals surface area contributed by atoms with E-state index in [0.29, 0.717) is 16.8 Å². The smallest absolute Gasteiger partial charge is 0.299 e. The number of halogens is 1. The van der Waals surface area contributed by atoms with Crippen LogP contribution in [0.25, 0.3) is 22.2 Å². The molecule has 0 aliphatic heterocycles. The molecule has 0 radical (unpaired) electrons. The first-order valence-corrected chi connectivity index (χ1v) is 7.22. The van der Waals surface area contributed by atoms with Gasteiger partial charge in [0.15, 0.2) is 5.76 Å². The summed E-state index contributed by atoms with van der Waals surface area (Å²) in [6.45, 7) is 0. The number of aromatic nitrogens is 2. The van der Waals surface area contributed by atoms with Gasteiger partial charge in [0.05, 0.1) is 6.20 Å². The van der Waals surface area contributed by atoms with E-state index in [0.717, 1.165) is 16.8 Å². The Bertz CT molecular complexity index is 924. The minimum atomic E-state index is 0.454. The Labute approximate surface area is 131 Å².